The molecule has 1 aliphatic heterocycles. The maximum atomic E-state index is 12.2. The average molecular weight is 328 g/mol. The third-order valence-electron chi connectivity index (χ3n) is 3.28. The van der Waals surface area contributed by atoms with Gasteiger partial charge in [0.2, 0.25) is 5.91 Å². The normalized spacial score (nSPS) is 17.1. The SMILES string of the molecule is CC(NC(=O)c1cc(Br)c[nH]1)C(=O)N1CCCCC1. The topological polar surface area (TPSA) is 65.2 Å². The van der Waals surface area contributed by atoms with Crippen molar-refractivity contribution < 1.29 is 9.59 Å². The van der Waals surface area contributed by atoms with Gasteiger partial charge in [-0.3, -0.25) is 9.59 Å². The molecule has 0 radical (unpaired) electrons. The number of aromatic amines is 1. The molecule has 1 saturated heterocycles. The number of halogens is 1. The molecule has 0 aromatic carbocycles. The molecule has 5 nitrogen and oxygen atoms in total. The van der Waals surface area contributed by atoms with E-state index in [0.29, 0.717) is 5.69 Å². The van der Waals surface area contributed by atoms with Gasteiger partial charge in [0.05, 0.1) is 0 Å². The van der Waals surface area contributed by atoms with Gasteiger partial charge in [-0.1, -0.05) is 0 Å². The number of nitrogens with one attached hydrogen (secondary N) is 2. The molecule has 104 valence electrons. The number of carbonyl (C=O) groups is 2. The fraction of sp³-hybridized carbons (Fsp3) is 0.538. The first-order valence-corrected chi connectivity index (χ1v) is 7.31. The van der Waals surface area contributed by atoms with Crippen molar-refractivity contribution >= 4 is 27.7 Å². The monoisotopic (exact) mass is 327 g/mol. The van der Waals surface area contributed by atoms with E-state index in [1.54, 1.807) is 19.2 Å². The lowest BCUT2D eigenvalue weighted by Crippen LogP contribution is -2.48. The summed E-state index contributed by atoms with van der Waals surface area (Å²) in [6.07, 6.45) is 4.97. The Labute approximate surface area is 120 Å². The van der Waals surface area contributed by atoms with Crippen molar-refractivity contribution in [2.75, 3.05) is 13.1 Å². The van der Waals surface area contributed by atoms with Crippen molar-refractivity contribution in [3.8, 4) is 0 Å². The standard InChI is InChI=1S/C13H18BrN3O2/c1-9(13(19)17-5-3-2-4-6-17)16-12(18)11-7-10(14)8-15-11/h7-9,15H,2-6H2,1H3,(H,16,18). The van der Waals surface area contributed by atoms with Gasteiger partial charge in [-0.25, -0.2) is 0 Å². The zero-order valence-electron chi connectivity index (χ0n) is 10.9. The van der Waals surface area contributed by atoms with Crippen LogP contribution in [-0.2, 0) is 4.79 Å². The largest absolute Gasteiger partial charge is 0.356 e. The van der Waals surface area contributed by atoms with Gasteiger partial charge in [0.25, 0.3) is 5.91 Å². The van der Waals surface area contributed by atoms with Gasteiger partial charge in [0.1, 0.15) is 11.7 Å². The molecule has 2 rings (SSSR count). The Kier molecular flexibility index (Phi) is 4.63. The summed E-state index contributed by atoms with van der Waals surface area (Å²) in [4.78, 5) is 28.8. The molecule has 6 heteroatoms. The fourth-order valence-corrected chi connectivity index (χ4v) is 2.57. The van der Waals surface area contributed by atoms with Crippen molar-refractivity contribution in [1.82, 2.24) is 15.2 Å². The van der Waals surface area contributed by atoms with E-state index < -0.39 is 6.04 Å². The van der Waals surface area contributed by atoms with Crippen LogP contribution in [-0.4, -0.2) is 40.8 Å². The second kappa shape index (κ2) is 6.23. The molecule has 19 heavy (non-hydrogen) atoms. The number of aromatic nitrogens is 1. The van der Waals surface area contributed by atoms with Crippen LogP contribution in [0.2, 0.25) is 0 Å². The second-order valence-corrected chi connectivity index (χ2v) is 5.73. The van der Waals surface area contributed by atoms with Gasteiger partial charge >= 0.3 is 0 Å². The number of likely N-dealkylation sites (tertiary alicyclic amines) is 1. The van der Waals surface area contributed by atoms with Crippen LogP contribution in [0, 0.1) is 0 Å². The summed E-state index contributed by atoms with van der Waals surface area (Å²) in [5.74, 6) is -0.262. The molecule has 1 aromatic heterocycles. The van der Waals surface area contributed by atoms with Crippen molar-refractivity contribution in [3.63, 3.8) is 0 Å². The minimum Gasteiger partial charge on any atom is -0.356 e. The lowest BCUT2D eigenvalue weighted by atomic mass is 10.1. The van der Waals surface area contributed by atoms with Gasteiger partial charge in [-0.15, -0.1) is 0 Å². The molecule has 2 heterocycles. The molecule has 0 spiro atoms. The first kappa shape index (κ1) is 14.1. The lowest BCUT2D eigenvalue weighted by Gasteiger charge is -2.29. The average Bonchev–Trinajstić information content (AvgIpc) is 2.85. The Morgan fingerprint density at radius 2 is 2.05 bits per heavy atom. The first-order chi connectivity index (χ1) is 9.08. The fourth-order valence-electron chi connectivity index (χ4n) is 2.22. The molecule has 1 unspecified atom stereocenters. The predicted octanol–water partition coefficient (Wildman–Crippen LogP) is 1.91. The van der Waals surface area contributed by atoms with Crippen molar-refractivity contribution in [2.45, 2.75) is 32.2 Å². The quantitative estimate of drug-likeness (QED) is 0.890. The van der Waals surface area contributed by atoms with Crippen LogP contribution in [0.1, 0.15) is 36.7 Å². The molecule has 1 aromatic rings. The van der Waals surface area contributed by atoms with E-state index in [1.807, 2.05) is 4.90 Å². The molecule has 0 aliphatic carbocycles. The van der Waals surface area contributed by atoms with E-state index in [2.05, 4.69) is 26.2 Å². The number of H-pyrrole nitrogens is 1. The van der Waals surface area contributed by atoms with E-state index >= 15 is 0 Å². The zero-order chi connectivity index (χ0) is 13.8. The van der Waals surface area contributed by atoms with Crippen LogP contribution in [0.15, 0.2) is 16.7 Å². The van der Waals surface area contributed by atoms with Crippen LogP contribution in [0.25, 0.3) is 0 Å². The number of amides is 2. The Morgan fingerprint density at radius 1 is 1.37 bits per heavy atom. The Balaban J connectivity index is 1.91. The van der Waals surface area contributed by atoms with Crippen molar-refractivity contribution in [1.29, 1.82) is 0 Å². The highest BCUT2D eigenvalue weighted by molar-refractivity contribution is 9.10. The van der Waals surface area contributed by atoms with Crippen LogP contribution in [0.5, 0.6) is 0 Å². The van der Waals surface area contributed by atoms with E-state index in [1.165, 1.54) is 6.42 Å². The van der Waals surface area contributed by atoms with Crippen LogP contribution in [0.3, 0.4) is 0 Å². The van der Waals surface area contributed by atoms with Gasteiger partial charge in [0, 0.05) is 23.8 Å². The lowest BCUT2D eigenvalue weighted by molar-refractivity contribution is -0.133. The number of rotatable bonds is 3. The maximum absolute atomic E-state index is 12.2. The number of hydrogen-bond acceptors (Lipinski definition) is 2. The number of piperidine rings is 1. The summed E-state index contributed by atoms with van der Waals surface area (Å²) in [6, 6.07) is 1.20. The Hall–Kier alpha value is -1.30. The maximum Gasteiger partial charge on any atom is 0.268 e. The highest BCUT2D eigenvalue weighted by Gasteiger charge is 2.23. The third-order valence-corrected chi connectivity index (χ3v) is 3.74. The number of carbonyl (C=O) groups excluding carboxylic acids is 2. The van der Waals surface area contributed by atoms with Gasteiger partial charge in [-0.05, 0) is 48.2 Å². The van der Waals surface area contributed by atoms with Crippen LogP contribution < -0.4 is 5.32 Å². The number of hydrogen-bond donors (Lipinski definition) is 2. The van der Waals surface area contributed by atoms with E-state index in [0.717, 1.165) is 30.4 Å². The minimum atomic E-state index is -0.493. The highest BCUT2D eigenvalue weighted by Crippen LogP contribution is 2.12. The van der Waals surface area contributed by atoms with Gasteiger partial charge in [0.15, 0.2) is 0 Å². The Bertz CT molecular complexity index is 466. The van der Waals surface area contributed by atoms with Crippen molar-refractivity contribution in [3.05, 3.63) is 22.4 Å². The van der Waals surface area contributed by atoms with E-state index in [9.17, 15) is 9.59 Å². The minimum absolute atomic E-state index is 0.00123. The summed E-state index contributed by atoms with van der Waals surface area (Å²) in [5.41, 5.74) is 0.449. The molecule has 1 atom stereocenters. The molecule has 2 N–H and O–H groups in total. The predicted molar refractivity (Wildman–Crippen MR) is 75.9 cm³/mol. The molecule has 2 amide bonds. The molecule has 0 bridgehead atoms. The molecular weight excluding hydrogens is 310 g/mol. The smallest absolute Gasteiger partial charge is 0.268 e. The Morgan fingerprint density at radius 3 is 2.63 bits per heavy atom. The van der Waals surface area contributed by atoms with Gasteiger partial charge in [-0.2, -0.15) is 0 Å². The molecule has 0 saturated carbocycles. The highest BCUT2D eigenvalue weighted by atomic mass is 79.9. The van der Waals surface area contributed by atoms with Gasteiger partial charge < -0.3 is 15.2 Å². The third kappa shape index (κ3) is 3.59. The summed E-state index contributed by atoms with van der Waals surface area (Å²) in [5, 5.41) is 2.72. The van der Waals surface area contributed by atoms with E-state index in [-0.39, 0.29) is 11.8 Å². The molecule has 1 aliphatic rings. The summed E-state index contributed by atoms with van der Waals surface area (Å²) >= 11 is 3.27. The van der Waals surface area contributed by atoms with E-state index in [4.69, 9.17) is 0 Å². The summed E-state index contributed by atoms with van der Waals surface area (Å²) < 4.78 is 0.813. The summed E-state index contributed by atoms with van der Waals surface area (Å²) in [6.45, 7) is 3.33. The molecular formula is C13H18BrN3O2. The zero-order valence-corrected chi connectivity index (χ0v) is 12.5. The van der Waals surface area contributed by atoms with Crippen LogP contribution >= 0.6 is 15.9 Å². The first-order valence-electron chi connectivity index (χ1n) is 6.51. The number of nitrogens with zero attached hydrogens (tertiary/aromatic N) is 1. The second-order valence-electron chi connectivity index (χ2n) is 4.81. The molecule has 1 fully saturated rings. The summed E-state index contributed by atoms with van der Waals surface area (Å²) in [7, 11) is 0. The van der Waals surface area contributed by atoms with Crippen LogP contribution in [0.4, 0.5) is 0 Å². The van der Waals surface area contributed by atoms with Crippen molar-refractivity contribution in [2.24, 2.45) is 0 Å².